The molecule has 0 saturated carbocycles. The molecule has 5 heteroatoms. The third-order valence-electron chi connectivity index (χ3n) is 3.99. The lowest BCUT2D eigenvalue weighted by atomic mass is 10.0. The van der Waals surface area contributed by atoms with E-state index in [2.05, 4.69) is 5.32 Å². The molecule has 3 aromatic carbocycles. The van der Waals surface area contributed by atoms with Gasteiger partial charge in [0.25, 0.3) is 5.91 Å². The first-order chi connectivity index (χ1) is 12.1. The Morgan fingerprint density at radius 2 is 1.68 bits per heavy atom. The van der Waals surface area contributed by atoms with Gasteiger partial charge in [-0.2, -0.15) is 0 Å². The molecule has 0 aliphatic rings. The van der Waals surface area contributed by atoms with Crippen LogP contribution in [-0.4, -0.2) is 5.91 Å². The molecule has 122 valence electrons. The van der Waals surface area contributed by atoms with Crippen molar-refractivity contribution >= 4 is 44.9 Å². The van der Waals surface area contributed by atoms with E-state index in [4.69, 9.17) is 16.0 Å². The van der Waals surface area contributed by atoms with Crippen LogP contribution in [0.15, 0.2) is 75.9 Å². The van der Waals surface area contributed by atoms with Crippen molar-refractivity contribution in [1.82, 2.24) is 0 Å². The molecule has 1 heterocycles. The lowest BCUT2D eigenvalue weighted by molar-refractivity contribution is 0.102. The van der Waals surface area contributed by atoms with Crippen molar-refractivity contribution < 1.29 is 9.21 Å². The van der Waals surface area contributed by atoms with Crippen LogP contribution in [0.2, 0.25) is 5.02 Å². The Morgan fingerprint density at radius 3 is 2.48 bits per heavy atom. The third-order valence-corrected chi connectivity index (χ3v) is 4.24. The lowest BCUT2D eigenvalue weighted by Gasteiger charge is -2.07. The first kappa shape index (κ1) is 15.4. The number of hydrogen-bond acceptors (Lipinski definition) is 3. The summed E-state index contributed by atoms with van der Waals surface area (Å²) in [7, 11) is 0. The maximum Gasteiger partial charge on any atom is 0.349 e. The molecule has 1 N–H and O–H groups in total. The second kappa shape index (κ2) is 6.07. The smallest absolute Gasteiger partial charge is 0.349 e. The first-order valence-electron chi connectivity index (χ1n) is 7.64. The summed E-state index contributed by atoms with van der Waals surface area (Å²) >= 11 is 5.83. The molecule has 4 aromatic rings. The van der Waals surface area contributed by atoms with E-state index in [-0.39, 0.29) is 5.56 Å². The average molecular weight is 350 g/mol. The van der Waals surface area contributed by atoms with E-state index in [0.717, 1.165) is 16.2 Å². The second-order valence-corrected chi connectivity index (χ2v) is 6.04. The van der Waals surface area contributed by atoms with Crippen molar-refractivity contribution in [3.8, 4) is 0 Å². The topological polar surface area (TPSA) is 59.3 Å². The molecule has 0 unspecified atom stereocenters. The number of carbonyl (C=O) groups excluding carboxylic acids is 1. The van der Waals surface area contributed by atoms with E-state index in [0.29, 0.717) is 16.3 Å². The zero-order chi connectivity index (χ0) is 17.4. The van der Waals surface area contributed by atoms with Gasteiger partial charge in [0.1, 0.15) is 11.1 Å². The average Bonchev–Trinajstić information content (AvgIpc) is 2.62. The van der Waals surface area contributed by atoms with E-state index >= 15 is 0 Å². The number of hydrogen-bond donors (Lipinski definition) is 1. The quantitative estimate of drug-likeness (QED) is 0.415. The van der Waals surface area contributed by atoms with Gasteiger partial charge in [-0.15, -0.1) is 0 Å². The van der Waals surface area contributed by atoms with Gasteiger partial charge in [-0.1, -0.05) is 41.9 Å². The molecule has 25 heavy (non-hydrogen) atoms. The van der Waals surface area contributed by atoms with Crippen molar-refractivity contribution in [2.24, 2.45) is 0 Å². The molecule has 0 fully saturated rings. The van der Waals surface area contributed by atoms with Gasteiger partial charge >= 0.3 is 5.63 Å². The SMILES string of the molecule is O=C(Nc1ccc(Cl)cc1)c1cc2c(ccc3ccccc32)oc1=O. The number of benzene rings is 3. The van der Waals surface area contributed by atoms with Crippen LogP contribution in [0.5, 0.6) is 0 Å². The number of nitrogens with one attached hydrogen (secondary N) is 1. The number of carbonyl (C=O) groups is 1. The summed E-state index contributed by atoms with van der Waals surface area (Å²) in [5, 5.41) is 5.90. The standard InChI is InChI=1S/C20H12ClNO3/c21-13-6-8-14(9-7-13)22-19(23)17-11-16-15-4-2-1-3-12(15)5-10-18(16)25-20(17)24/h1-11H,(H,22,23). The van der Waals surface area contributed by atoms with Gasteiger partial charge in [0, 0.05) is 16.1 Å². The Bertz CT molecular complexity index is 1160. The second-order valence-electron chi connectivity index (χ2n) is 5.61. The van der Waals surface area contributed by atoms with E-state index < -0.39 is 11.5 Å². The molecule has 0 aliphatic heterocycles. The van der Waals surface area contributed by atoms with Crippen LogP contribution in [0.3, 0.4) is 0 Å². The van der Waals surface area contributed by atoms with Gasteiger partial charge in [0.2, 0.25) is 0 Å². The number of rotatable bonds is 2. The summed E-state index contributed by atoms with van der Waals surface area (Å²) in [4.78, 5) is 24.7. The molecule has 4 rings (SSSR count). The summed E-state index contributed by atoms with van der Waals surface area (Å²) in [6.45, 7) is 0. The molecule has 0 aliphatic carbocycles. The Morgan fingerprint density at radius 1 is 0.920 bits per heavy atom. The number of fused-ring (bicyclic) bond motifs is 3. The van der Waals surface area contributed by atoms with Gasteiger partial charge < -0.3 is 9.73 Å². The highest BCUT2D eigenvalue weighted by atomic mass is 35.5. The first-order valence-corrected chi connectivity index (χ1v) is 8.02. The van der Waals surface area contributed by atoms with Crippen LogP contribution < -0.4 is 10.9 Å². The fraction of sp³-hybridized carbons (Fsp3) is 0. The largest absolute Gasteiger partial charge is 0.422 e. The highest BCUT2D eigenvalue weighted by Gasteiger charge is 2.15. The molecule has 0 saturated heterocycles. The van der Waals surface area contributed by atoms with E-state index in [1.807, 2.05) is 30.3 Å². The van der Waals surface area contributed by atoms with Gasteiger partial charge in [-0.25, -0.2) is 4.79 Å². The Kier molecular flexibility index (Phi) is 3.75. The molecule has 1 aromatic heterocycles. The zero-order valence-corrected chi connectivity index (χ0v) is 13.7. The van der Waals surface area contributed by atoms with Crippen molar-refractivity contribution in [3.63, 3.8) is 0 Å². The molecule has 0 radical (unpaired) electrons. The third kappa shape index (κ3) is 2.88. The van der Waals surface area contributed by atoms with E-state index in [1.54, 1.807) is 36.4 Å². The summed E-state index contributed by atoms with van der Waals surface area (Å²) in [5.41, 5.74) is 0.284. The molecular formula is C20H12ClNO3. The normalized spacial score (nSPS) is 10.9. The van der Waals surface area contributed by atoms with E-state index in [1.165, 1.54) is 0 Å². The number of anilines is 1. The van der Waals surface area contributed by atoms with Crippen LogP contribution >= 0.6 is 11.6 Å². The molecule has 0 bridgehead atoms. The van der Waals surface area contributed by atoms with Crippen LogP contribution in [0.1, 0.15) is 10.4 Å². The number of halogens is 1. The molecule has 4 nitrogen and oxygen atoms in total. The number of amides is 1. The minimum atomic E-state index is -0.672. The monoisotopic (exact) mass is 349 g/mol. The fourth-order valence-corrected chi connectivity index (χ4v) is 2.89. The predicted molar refractivity (Wildman–Crippen MR) is 99.4 cm³/mol. The Balaban J connectivity index is 1.82. The van der Waals surface area contributed by atoms with Gasteiger partial charge in [0.15, 0.2) is 0 Å². The minimum absolute atomic E-state index is 0.0428. The van der Waals surface area contributed by atoms with Crippen LogP contribution in [0, 0.1) is 0 Å². The van der Waals surface area contributed by atoms with Crippen molar-refractivity contribution in [2.45, 2.75) is 0 Å². The van der Waals surface area contributed by atoms with Crippen molar-refractivity contribution in [3.05, 3.63) is 87.7 Å². The molecule has 1 amide bonds. The van der Waals surface area contributed by atoms with Crippen LogP contribution in [0.4, 0.5) is 5.69 Å². The molecule has 0 spiro atoms. The van der Waals surface area contributed by atoms with Gasteiger partial charge in [-0.05, 0) is 47.2 Å². The Hall–Kier alpha value is -3.11. The summed E-state index contributed by atoms with van der Waals surface area (Å²) in [6, 6.07) is 19.6. The van der Waals surface area contributed by atoms with E-state index in [9.17, 15) is 9.59 Å². The maximum atomic E-state index is 12.5. The minimum Gasteiger partial charge on any atom is -0.422 e. The lowest BCUT2D eigenvalue weighted by Crippen LogP contribution is -2.20. The predicted octanol–water partition coefficient (Wildman–Crippen LogP) is 4.85. The maximum absolute atomic E-state index is 12.5. The summed E-state index contributed by atoms with van der Waals surface area (Å²) in [5.74, 6) is -0.522. The highest BCUT2D eigenvalue weighted by molar-refractivity contribution is 6.30. The molecular weight excluding hydrogens is 338 g/mol. The van der Waals surface area contributed by atoms with Crippen molar-refractivity contribution in [2.75, 3.05) is 5.32 Å². The van der Waals surface area contributed by atoms with Crippen LogP contribution in [0.25, 0.3) is 21.7 Å². The fourth-order valence-electron chi connectivity index (χ4n) is 2.76. The van der Waals surface area contributed by atoms with Crippen molar-refractivity contribution in [1.29, 1.82) is 0 Å². The zero-order valence-electron chi connectivity index (χ0n) is 13.0. The Labute approximate surface area is 147 Å². The molecule has 0 atom stereocenters. The van der Waals surface area contributed by atoms with Gasteiger partial charge in [0.05, 0.1) is 0 Å². The highest BCUT2D eigenvalue weighted by Crippen LogP contribution is 2.25. The van der Waals surface area contributed by atoms with Gasteiger partial charge in [-0.3, -0.25) is 4.79 Å². The summed E-state index contributed by atoms with van der Waals surface area (Å²) < 4.78 is 5.34. The summed E-state index contributed by atoms with van der Waals surface area (Å²) in [6.07, 6.45) is 0. The van der Waals surface area contributed by atoms with Crippen LogP contribution in [-0.2, 0) is 0 Å².